The molecular weight excluding hydrogens is 446 g/mol. The Morgan fingerprint density at radius 2 is 1.69 bits per heavy atom. The summed E-state index contributed by atoms with van der Waals surface area (Å²) in [4.78, 5) is 38.4. The largest absolute Gasteiger partial charge is 0.365 e. The molecule has 9 heteroatoms. The van der Waals surface area contributed by atoms with Gasteiger partial charge in [0.1, 0.15) is 21.5 Å². The van der Waals surface area contributed by atoms with Crippen LogP contribution in [0.4, 0.5) is 0 Å². The molecule has 156 valence electrons. The van der Waals surface area contributed by atoms with Crippen molar-refractivity contribution >= 4 is 39.7 Å². The number of para-hydroxylation sites is 1. The summed E-state index contributed by atoms with van der Waals surface area (Å²) in [6.07, 6.45) is 2.95. The highest BCUT2D eigenvalue weighted by Crippen LogP contribution is 2.28. The molecule has 5 aromatic rings. The number of pyridine rings is 1. The summed E-state index contributed by atoms with van der Waals surface area (Å²) in [7, 11) is 0. The zero-order valence-corrected chi connectivity index (χ0v) is 18.0. The van der Waals surface area contributed by atoms with Gasteiger partial charge >= 0.3 is 0 Å². The Labute approximate surface area is 190 Å². The Morgan fingerprint density at radius 1 is 0.938 bits per heavy atom. The average Bonchev–Trinajstić information content (AvgIpc) is 3.31. The van der Waals surface area contributed by atoms with E-state index in [1.807, 2.05) is 30.3 Å². The van der Waals surface area contributed by atoms with Gasteiger partial charge in [0.25, 0.3) is 11.5 Å². The van der Waals surface area contributed by atoms with Gasteiger partial charge in [-0.1, -0.05) is 48.0 Å². The molecule has 0 spiro atoms. The number of hydrogen-bond donors (Lipinski definition) is 1. The maximum Gasteiger partial charge on any atom is 0.267 e. The molecule has 0 aliphatic heterocycles. The number of carbonyl (C=O) groups excluding carboxylic acids is 1. The van der Waals surface area contributed by atoms with Gasteiger partial charge in [-0.25, -0.2) is 19.5 Å². The lowest BCUT2D eigenvalue weighted by molar-refractivity contribution is 0.100. The number of aromatic nitrogens is 4. The van der Waals surface area contributed by atoms with Crippen molar-refractivity contribution in [1.82, 2.24) is 19.5 Å². The Bertz CT molecular complexity index is 1530. The molecule has 2 N–H and O–H groups in total. The summed E-state index contributed by atoms with van der Waals surface area (Å²) in [5.41, 5.74) is 7.23. The number of amides is 1. The molecule has 5 rings (SSSR count). The van der Waals surface area contributed by atoms with Crippen LogP contribution >= 0.6 is 22.9 Å². The second-order valence-corrected chi connectivity index (χ2v) is 8.37. The maximum atomic E-state index is 13.4. The molecule has 0 saturated heterocycles. The fourth-order valence-electron chi connectivity index (χ4n) is 3.32. The number of fused-ring (bicyclic) bond motifs is 1. The van der Waals surface area contributed by atoms with E-state index in [0.29, 0.717) is 37.5 Å². The first-order chi connectivity index (χ1) is 15.5. The third-order valence-electron chi connectivity index (χ3n) is 4.86. The van der Waals surface area contributed by atoms with Gasteiger partial charge in [-0.05, 0) is 24.3 Å². The summed E-state index contributed by atoms with van der Waals surface area (Å²) in [6, 6.07) is 18.0. The van der Waals surface area contributed by atoms with Crippen molar-refractivity contribution in [2.24, 2.45) is 5.73 Å². The molecule has 3 heterocycles. The first-order valence-corrected chi connectivity index (χ1v) is 10.7. The molecule has 0 bridgehead atoms. The van der Waals surface area contributed by atoms with Gasteiger partial charge in [0.15, 0.2) is 0 Å². The van der Waals surface area contributed by atoms with E-state index in [-0.39, 0.29) is 5.56 Å². The Kier molecular flexibility index (Phi) is 5.01. The molecule has 2 aromatic carbocycles. The van der Waals surface area contributed by atoms with Gasteiger partial charge in [-0.2, -0.15) is 0 Å². The van der Waals surface area contributed by atoms with Gasteiger partial charge in [-0.3, -0.25) is 9.59 Å². The van der Waals surface area contributed by atoms with Crippen molar-refractivity contribution in [3.63, 3.8) is 0 Å². The SMILES string of the molecule is NC(=O)c1cnc(-c2ccc(-c3nc4ccccc4c(=O)n3-c3ccc(Cl)cn3)cc2)s1. The lowest BCUT2D eigenvalue weighted by atomic mass is 10.1. The van der Waals surface area contributed by atoms with Crippen LogP contribution in [-0.4, -0.2) is 25.4 Å². The second-order valence-electron chi connectivity index (χ2n) is 6.90. The average molecular weight is 460 g/mol. The minimum Gasteiger partial charge on any atom is -0.365 e. The molecule has 0 atom stereocenters. The van der Waals surface area contributed by atoms with Crippen LogP contribution in [0, 0.1) is 0 Å². The zero-order valence-electron chi connectivity index (χ0n) is 16.4. The molecule has 0 fully saturated rings. The number of rotatable bonds is 4. The number of carbonyl (C=O) groups is 1. The van der Waals surface area contributed by atoms with E-state index >= 15 is 0 Å². The lowest BCUT2D eigenvalue weighted by Gasteiger charge is -2.13. The molecular formula is C23H14ClN5O2S. The van der Waals surface area contributed by atoms with E-state index in [2.05, 4.69) is 9.97 Å². The van der Waals surface area contributed by atoms with Gasteiger partial charge in [0, 0.05) is 17.3 Å². The number of benzene rings is 2. The predicted molar refractivity (Wildman–Crippen MR) is 125 cm³/mol. The minimum absolute atomic E-state index is 0.226. The van der Waals surface area contributed by atoms with Gasteiger partial charge in [0.2, 0.25) is 0 Å². The van der Waals surface area contributed by atoms with E-state index in [1.165, 1.54) is 28.3 Å². The van der Waals surface area contributed by atoms with Crippen LogP contribution in [0.3, 0.4) is 0 Å². The Morgan fingerprint density at radius 3 is 2.38 bits per heavy atom. The van der Waals surface area contributed by atoms with E-state index in [1.54, 1.807) is 30.3 Å². The summed E-state index contributed by atoms with van der Waals surface area (Å²) in [5, 5.41) is 1.64. The number of primary amides is 1. The fourth-order valence-corrected chi connectivity index (χ4v) is 4.21. The van der Waals surface area contributed by atoms with Crippen LogP contribution in [0.15, 0.2) is 77.9 Å². The van der Waals surface area contributed by atoms with Crippen LogP contribution in [0.1, 0.15) is 9.67 Å². The first-order valence-electron chi connectivity index (χ1n) is 9.51. The monoisotopic (exact) mass is 459 g/mol. The zero-order chi connectivity index (χ0) is 22.2. The van der Waals surface area contributed by atoms with E-state index < -0.39 is 5.91 Å². The van der Waals surface area contributed by atoms with Crippen molar-refractivity contribution < 1.29 is 4.79 Å². The normalized spacial score (nSPS) is 11.0. The van der Waals surface area contributed by atoms with Crippen molar-refractivity contribution in [2.45, 2.75) is 0 Å². The highest BCUT2D eigenvalue weighted by Gasteiger charge is 2.16. The molecule has 0 aliphatic rings. The molecule has 0 saturated carbocycles. The number of halogens is 1. The highest BCUT2D eigenvalue weighted by molar-refractivity contribution is 7.16. The van der Waals surface area contributed by atoms with E-state index in [0.717, 1.165) is 11.1 Å². The van der Waals surface area contributed by atoms with Crippen molar-refractivity contribution in [3.05, 3.63) is 93.3 Å². The number of hydrogen-bond acceptors (Lipinski definition) is 6. The maximum absolute atomic E-state index is 13.4. The van der Waals surface area contributed by atoms with Gasteiger partial charge in [0.05, 0.1) is 22.1 Å². The van der Waals surface area contributed by atoms with E-state index in [9.17, 15) is 9.59 Å². The number of thiazole rings is 1. The predicted octanol–water partition coefficient (Wildman–Crippen LogP) is 4.32. The summed E-state index contributed by atoms with van der Waals surface area (Å²) >= 11 is 7.21. The van der Waals surface area contributed by atoms with E-state index in [4.69, 9.17) is 22.3 Å². The van der Waals surface area contributed by atoms with Crippen LogP contribution in [0.25, 0.3) is 38.7 Å². The van der Waals surface area contributed by atoms with Crippen molar-refractivity contribution in [3.8, 4) is 27.8 Å². The summed E-state index contributed by atoms with van der Waals surface area (Å²) in [6.45, 7) is 0. The molecule has 32 heavy (non-hydrogen) atoms. The van der Waals surface area contributed by atoms with Crippen LogP contribution in [-0.2, 0) is 0 Å². The molecule has 7 nitrogen and oxygen atoms in total. The Balaban J connectivity index is 1.67. The minimum atomic E-state index is -0.509. The molecule has 3 aromatic heterocycles. The first kappa shape index (κ1) is 20.0. The van der Waals surface area contributed by atoms with Gasteiger partial charge in [-0.15, -0.1) is 11.3 Å². The number of nitrogens with two attached hydrogens (primary N) is 1. The summed E-state index contributed by atoms with van der Waals surface area (Å²) in [5.74, 6) is 0.361. The third-order valence-corrected chi connectivity index (χ3v) is 6.14. The Hall–Kier alpha value is -3.88. The van der Waals surface area contributed by atoms with Crippen LogP contribution < -0.4 is 11.3 Å². The highest BCUT2D eigenvalue weighted by atomic mass is 35.5. The second kappa shape index (κ2) is 7.99. The van der Waals surface area contributed by atoms with Gasteiger partial charge < -0.3 is 5.73 Å². The molecule has 0 unspecified atom stereocenters. The van der Waals surface area contributed by atoms with Crippen LogP contribution in [0.2, 0.25) is 5.02 Å². The molecule has 0 radical (unpaired) electrons. The summed E-state index contributed by atoms with van der Waals surface area (Å²) < 4.78 is 1.47. The quantitative estimate of drug-likeness (QED) is 0.431. The van der Waals surface area contributed by atoms with Crippen molar-refractivity contribution in [1.29, 1.82) is 0 Å². The molecule has 1 amide bonds. The smallest absolute Gasteiger partial charge is 0.267 e. The third kappa shape index (κ3) is 3.55. The standard InChI is InChI=1S/C23H14ClN5O2S/c24-15-9-10-19(26-11-15)29-21(28-17-4-2-1-3-16(17)23(29)31)13-5-7-14(8-6-13)22-27-12-18(32-22)20(25)30/h1-12H,(H2,25,30). The van der Waals surface area contributed by atoms with Crippen molar-refractivity contribution in [2.75, 3.05) is 0 Å². The van der Waals surface area contributed by atoms with Crippen LogP contribution in [0.5, 0.6) is 0 Å². The number of nitrogens with zero attached hydrogens (tertiary/aromatic N) is 4. The fraction of sp³-hybridized carbons (Fsp3) is 0. The lowest BCUT2D eigenvalue weighted by Crippen LogP contribution is -2.22. The molecule has 0 aliphatic carbocycles. The topological polar surface area (TPSA) is 104 Å².